The van der Waals surface area contributed by atoms with Crippen molar-refractivity contribution >= 4 is 0 Å². The van der Waals surface area contributed by atoms with Gasteiger partial charge >= 0.3 is 5.69 Å². The fraction of sp³-hybridized carbons (Fsp3) is 0.500. The minimum Gasteiger partial charge on any atom is -0.338 e. The third-order valence-corrected chi connectivity index (χ3v) is 3.20. The summed E-state index contributed by atoms with van der Waals surface area (Å²) in [4.78, 5) is 30.0. The van der Waals surface area contributed by atoms with E-state index in [2.05, 4.69) is 20.4 Å². The van der Waals surface area contributed by atoms with Crippen molar-refractivity contribution in [2.24, 2.45) is 5.92 Å². The van der Waals surface area contributed by atoms with Crippen LogP contribution in [0.1, 0.15) is 18.7 Å². The molecule has 0 amide bonds. The smallest absolute Gasteiger partial charge is 0.328 e. The van der Waals surface area contributed by atoms with E-state index in [1.165, 1.54) is 10.8 Å². The lowest BCUT2D eigenvalue weighted by atomic mass is 10.3. The van der Waals surface area contributed by atoms with Crippen molar-refractivity contribution in [3.05, 3.63) is 32.9 Å². The third kappa shape index (κ3) is 2.55. The van der Waals surface area contributed by atoms with Crippen molar-refractivity contribution in [3.8, 4) is 11.4 Å². The Labute approximate surface area is 113 Å². The summed E-state index contributed by atoms with van der Waals surface area (Å²) in [5.41, 5.74) is -0.653. The highest BCUT2D eigenvalue weighted by Crippen LogP contribution is 2.30. The van der Waals surface area contributed by atoms with Gasteiger partial charge in [-0.05, 0) is 25.8 Å². The number of nitrogens with zero attached hydrogens (tertiary/aromatic N) is 3. The molecule has 106 valence electrons. The summed E-state index contributed by atoms with van der Waals surface area (Å²) in [6.07, 6.45) is 3.75. The van der Waals surface area contributed by atoms with Gasteiger partial charge in [-0.2, -0.15) is 4.98 Å². The zero-order chi connectivity index (χ0) is 14.1. The fourth-order valence-electron chi connectivity index (χ4n) is 1.97. The molecule has 20 heavy (non-hydrogen) atoms. The van der Waals surface area contributed by atoms with Crippen LogP contribution in [0, 0.1) is 5.92 Å². The monoisotopic (exact) mass is 277 g/mol. The lowest BCUT2D eigenvalue weighted by molar-refractivity contribution is 0.372. The highest BCUT2D eigenvalue weighted by Gasteiger charge is 2.23. The van der Waals surface area contributed by atoms with Gasteiger partial charge in [-0.25, -0.2) is 4.79 Å². The van der Waals surface area contributed by atoms with Crippen LogP contribution in [0.3, 0.4) is 0 Å². The number of hydrogen-bond acceptors (Lipinski definition) is 6. The van der Waals surface area contributed by atoms with Crippen molar-refractivity contribution in [1.82, 2.24) is 25.0 Å². The zero-order valence-corrected chi connectivity index (χ0v) is 11.0. The topological polar surface area (TPSA) is 106 Å². The molecular formula is C12H15N5O3. The fourth-order valence-corrected chi connectivity index (χ4v) is 1.97. The summed E-state index contributed by atoms with van der Waals surface area (Å²) in [7, 11) is 1.76. The van der Waals surface area contributed by atoms with Crippen LogP contribution in [0.4, 0.5) is 0 Å². The summed E-state index contributed by atoms with van der Waals surface area (Å²) in [6.45, 7) is 1.04. The van der Waals surface area contributed by atoms with Gasteiger partial charge in [-0.3, -0.25) is 14.3 Å². The highest BCUT2D eigenvalue weighted by atomic mass is 16.5. The first-order valence-corrected chi connectivity index (χ1v) is 6.48. The van der Waals surface area contributed by atoms with Crippen LogP contribution < -0.4 is 16.6 Å². The van der Waals surface area contributed by atoms with E-state index in [0.717, 1.165) is 12.8 Å². The minimum atomic E-state index is -0.501. The molecule has 1 aliphatic carbocycles. The number of aromatic amines is 1. The van der Waals surface area contributed by atoms with Gasteiger partial charge in [0.05, 0.1) is 6.54 Å². The molecule has 2 aromatic rings. The molecule has 1 fully saturated rings. The van der Waals surface area contributed by atoms with E-state index < -0.39 is 11.2 Å². The van der Waals surface area contributed by atoms with E-state index in [0.29, 0.717) is 24.9 Å². The van der Waals surface area contributed by atoms with E-state index in [9.17, 15) is 9.59 Å². The molecule has 0 unspecified atom stereocenters. The lowest BCUT2D eigenvalue weighted by Crippen LogP contribution is -2.31. The van der Waals surface area contributed by atoms with Crippen molar-refractivity contribution < 1.29 is 4.52 Å². The molecule has 0 radical (unpaired) electrons. The molecular weight excluding hydrogens is 262 g/mol. The van der Waals surface area contributed by atoms with Gasteiger partial charge < -0.3 is 9.84 Å². The summed E-state index contributed by atoms with van der Waals surface area (Å²) >= 11 is 0. The maximum atomic E-state index is 11.9. The third-order valence-electron chi connectivity index (χ3n) is 3.20. The predicted molar refractivity (Wildman–Crippen MR) is 70.1 cm³/mol. The number of aromatic nitrogens is 4. The molecule has 0 aromatic carbocycles. The summed E-state index contributed by atoms with van der Waals surface area (Å²) in [6, 6.07) is 0. The highest BCUT2D eigenvalue weighted by molar-refractivity contribution is 5.50. The molecule has 0 bridgehead atoms. The molecule has 8 nitrogen and oxygen atoms in total. The molecule has 1 aliphatic rings. The average Bonchev–Trinajstić information content (AvgIpc) is 3.11. The Kier molecular flexibility index (Phi) is 3.23. The largest absolute Gasteiger partial charge is 0.338 e. The van der Waals surface area contributed by atoms with Gasteiger partial charge in [0.1, 0.15) is 5.56 Å². The molecule has 0 saturated heterocycles. The van der Waals surface area contributed by atoms with E-state index in [4.69, 9.17) is 4.52 Å². The van der Waals surface area contributed by atoms with Crippen LogP contribution in [-0.4, -0.2) is 26.7 Å². The molecule has 0 atom stereocenters. The Morgan fingerprint density at radius 3 is 3.00 bits per heavy atom. The number of hydrogen-bond donors (Lipinski definition) is 2. The number of rotatable bonds is 5. The first kappa shape index (κ1) is 12.8. The van der Waals surface area contributed by atoms with Gasteiger partial charge in [-0.15, -0.1) is 0 Å². The SMILES string of the molecule is CNCc1nc(-c2cn(CC3CC3)c(=O)[nH]c2=O)no1. The van der Waals surface area contributed by atoms with E-state index in [1.54, 1.807) is 7.05 Å². The number of H-pyrrole nitrogens is 1. The van der Waals surface area contributed by atoms with E-state index in [1.807, 2.05) is 0 Å². The van der Waals surface area contributed by atoms with Gasteiger partial charge in [-0.1, -0.05) is 5.16 Å². The van der Waals surface area contributed by atoms with Crippen LogP contribution in [-0.2, 0) is 13.1 Å². The Hall–Kier alpha value is -2.22. The van der Waals surface area contributed by atoms with Gasteiger partial charge in [0.15, 0.2) is 0 Å². The molecule has 1 saturated carbocycles. The quantitative estimate of drug-likeness (QED) is 0.778. The second kappa shape index (κ2) is 5.04. The Balaban J connectivity index is 1.98. The minimum absolute atomic E-state index is 0.195. The van der Waals surface area contributed by atoms with Crippen LogP contribution in [0.15, 0.2) is 20.3 Å². The van der Waals surface area contributed by atoms with Gasteiger partial charge in [0, 0.05) is 12.7 Å². The molecule has 2 heterocycles. The van der Waals surface area contributed by atoms with Crippen LogP contribution in [0.25, 0.3) is 11.4 Å². The van der Waals surface area contributed by atoms with Gasteiger partial charge in [0.2, 0.25) is 11.7 Å². The number of nitrogens with one attached hydrogen (secondary N) is 2. The zero-order valence-electron chi connectivity index (χ0n) is 11.0. The molecule has 0 aliphatic heterocycles. The molecule has 3 rings (SSSR count). The van der Waals surface area contributed by atoms with E-state index >= 15 is 0 Å². The predicted octanol–water partition coefficient (Wildman–Crippen LogP) is -0.284. The first-order chi connectivity index (χ1) is 9.67. The summed E-state index contributed by atoms with van der Waals surface area (Å²) in [5.74, 6) is 1.11. The lowest BCUT2D eigenvalue weighted by Gasteiger charge is -2.04. The van der Waals surface area contributed by atoms with Crippen molar-refractivity contribution in [1.29, 1.82) is 0 Å². The van der Waals surface area contributed by atoms with Gasteiger partial charge in [0.25, 0.3) is 5.56 Å². The second-order valence-corrected chi connectivity index (χ2v) is 4.94. The summed E-state index contributed by atoms with van der Waals surface area (Å²) in [5, 5.41) is 6.65. The van der Waals surface area contributed by atoms with Crippen LogP contribution in [0.2, 0.25) is 0 Å². The maximum Gasteiger partial charge on any atom is 0.328 e. The molecule has 2 N–H and O–H groups in total. The maximum absolute atomic E-state index is 11.9. The standard InChI is InChI=1S/C12H15N5O3/c1-13-4-9-14-10(16-20-9)8-6-17(5-7-2-3-7)12(19)15-11(8)18/h6-7,13H,2-5H2,1H3,(H,15,18,19). The van der Waals surface area contributed by atoms with Crippen LogP contribution in [0.5, 0.6) is 0 Å². The molecule has 8 heteroatoms. The average molecular weight is 277 g/mol. The van der Waals surface area contributed by atoms with Crippen molar-refractivity contribution in [2.75, 3.05) is 7.05 Å². The molecule has 2 aromatic heterocycles. The van der Waals surface area contributed by atoms with E-state index in [-0.39, 0.29) is 11.4 Å². The second-order valence-electron chi connectivity index (χ2n) is 4.94. The van der Waals surface area contributed by atoms with Crippen molar-refractivity contribution in [2.45, 2.75) is 25.9 Å². The Bertz CT molecular complexity index is 725. The Morgan fingerprint density at radius 1 is 1.50 bits per heavy atom. The normalized spacial score (nSPS) is 14.7. The van der Waals surface area contributed by atoms with Crippen LogP contribution >= 0.6 is 0 Å². The summed E-state index contributed by atoms with van der Waals surface area (Å²) < 4.78 is 6.52. The Morgan fingerprint density at radius 2 is 2.30 bits per heavy atom. The molecule has 0 spiro atoms. The first-order valence-electron chi connectivity index (χ1n) is 6.48. The van der Waals surface area contributed by atoms with Crippen molar-refractivity contribution in [3.63, 3.8) is 0 Å².